The van der Waals surface area contributed by atoms with E-state index in [0.717, 1.165) is 23.2 Å². The Bertz CT molecular complexity index is 1070. The van der Waals surface area contributed by atoms with Gasteiger partial charge in [-0.05, 0) is 51.1 Å². The van der Waals surface area contributed by atoms with Crippen molar-refractivity contribution in [3.05, 3.63) is 55.9 Å². The number of nitrogens with zero attached hydrogens (tertiary/aromatic N) is 2. The Kier molecular flexibility index (Phi) is 5.43. The van der Waals surface area contributed by atoms with E-state index < -0.39 is 0 Å². The van der Waals surface area contributed by atoms with Crippen LogP contribution < -0.4 is 10.9 Å². The van der Waals surface area contributed by atoms with Crippen molar-refractivity contribution in [1.82, 2.24) is 14.9 Å². The number of nitrogens with one attached hydrogen (secondary N) is 2. The van der Waals surface area contributed by atoms with Crippen LogP contribution in [-0.4, -0.2) is 34.9 Å². The average molecular weight is 385 g/mol. The lowest BCUT2D eigenvalue weighted by atomic mass is 10.1. The number of H-pyrrole nitrogens is 1. The minimum Gasteiger partial charge on any atom is -0.321 e. The van der Waals surface area contributed by atoms with Crippen LogP contribution in [0.4, 0.5) is 5.69 Å². The maximum Gasteiger partial charge on any atom is 0.266 e. The fraction of sp³-hybridized carbons (Fsp3) is 0.350. The van der Waals surface area contributed by atoms with Gasteiger partial charge >= 0.3 is 0 Å². The maximum absolute atomic E-state index is 12.9. The van der Waals surface area contributed by atoms with Crippen LogP contribution in [-0.2, 0) is 13.0 Å². The molecular weight excluding hydrogens is 360 g/mol. The van der Waals surface area contributed by atoms with Gasteiger partial charge in [-0.2, -0.15) is 0 Å². The number of carbonyl (C=O) groups is 1. The molecule has 0 radical (unpaired) electrons. The smallest absolute Gasteiger partial charge is 0.266 e. The summed E-state index contributed by atoms with van der Waals surface area (Å²) in [7, 11) is 3.83. The van der Waals surface area contributed by atoms with Crippen LogP contribution in [0.15, 0.2) is 23.0 Å². The molecule has 7 heteroatoms. The number of rotatable bonds is 5. The summed E-state index contributed by atoms with van der Waals surface area (Å²) in [5.74, 6) is 0.394. The first-order valence-corrected chi connectivity index (χ1v) is 9.70. The highest BCUT2D eigenvalue weighted by atomic mass is 32.1. The van der Waals surface area contributed by atoms with Gasteiger partial charge in [0, 0.05) is 5.69 Å². The van der Waals surface area contributed by atoms with Crippen molar-refractivity contribution in [3.63, 3.8) is 0 Å². The Morgan fingerprint density at radius 2 is 2.04 bits per heavy atom. The molecule has 6 nitrogen and oxygen atoms in total. The van der Waals surface area contributed by atoms with E-state index in [9.17, 15) is 9.59 Å². The van der Waals surface area contributed by atoms with E-state index in [1.54, 1.807) is 6.92 Å². The lowest BCUT2D eigenvalue weighted by Gasteiger charge is -2.12. The normalized spacial score (nSPS) is 11.3. The number of para-hydroxylation sites is 1. The topological polar surface area (TPSA) is 78.1 Å². The number of amides is 1. The fourth-order valence-corrected chi connectivity index (χ4v) is 4.25. The number of aryl methyl sites for hydroxylation is 3. The summed E-state index contributed by atoms with van der Waals surface area (Å²) in [5, 5.41) is 3.53. The predicted octanol–water partition coefficient (Wildman–Crippen LogP) is 3.48. The number of aromatic amines is 1. The summed E-state index contributed by atoms with van der Waals surface area (Å²) in [6, 6.07) is 5.98. The van der Waals surface area contributed by atoms with Crippen molar-refractivity contribution in [2.75, 3.05) is 19.4 Å². The number of anilines is 1. The molecule has 0 unspecified atom stereocenters. The average Bonchev–Trinajstić information content (AvgIpc) is 2.93. The zero-order chi connectivity index (χ0) is 19.7. The first kappa shape index (κ1) is 19.3. The van der Waals surface area contributed by atoms with Gasteiger partial charge in [0.2, 0.25) is 0 Å². The summed E-state index contributed by atoms with van der Waals surface area (Å²) >= 11 is 1.26. The van der Waals surface area contributed by atoms with Gasteiger partial charge < -0.3 is 15.2 Å². The van der Waals surface area contributed by atoms with Crippen LogP contribution in [0.2, 0.25) is 0 Å². The van der Waals surface area contributed by atoms with E-state index in [0.29, 0.717) is 33.0 Å². The summed E-state index contributed by atoms with van der Waals surface area (Å²) in [6.45, 7) is 6.37. The molecule has 0 fully saturated rings. The lowest BCUT2D eigenvalue weighted by Crippen LogP contribution is -2.18. The Balaban J connectivity index is 2.02. The van der Waals surface area contributed by atoms with E-state index >= 15 is 0 Å². The van der Waals surface area contributed by atoms with Crippen LogP contribution >= 0.6 is 11.3 Å². The molecule has 0 saturated heterocycles. The van der Waals surface area contributed by atoms with Gasteiger partial charge in [0.05, 0.1) is 16.8 Å². The number of thiophene rings is 1. The molecule has 2 N–H and O–H groups in total. The molecule has 2 heterocycles. The molecule has 0 bridgehead atoms. The van der Waals surface area contributed by atoms with Crippen LogP contribution in [0.5, 0.6) is 0 Å². The molecule has 0 aliphatic heterocycles. The van der Waals surface area contributed by atoms with Gasteiger partial charge in [0.1, 0.15) is 10.7 Å². The SMILES string of the molecule is CCc1cccc(C)c1NC(=O)c1sc2nc(CN(C)C)[nH]c(=O)c2c1C. The van der Waals surface area contributed by atoms with Gasteiger partial charge in [-0.15, -0.1) is 11.3 Å². The van der Waals surface area contributed by atoms with Crippen molar-refractivity contribution in [2.45, 2.75) is 33.7 Å². The second-order valence-corrected chi connectivity index (χ2v) is 7.90. The van der Waals surface area contributed by atoms with Crippen molar-refractivity contribution >= 4 is 33.1 Å². The second kappa shape index (κ2) is 7.62. The molecule has 1 amide bonds. The van der Waals surface area contributed by atoms with Crippen LogP contribution in [0.25, 0.3) is 10.2 Å². The number of benzene rings is 1. The first-order valence-electron chi connectivity index (χ1n) is 8.88. The molecule has 142 valence electrons. The molecule has 3 rings (SSSR count). The molecule has 0 aliphatic carbocycles. The minimum absolute atomic E-state index is 0.199. The van der Waals surface area contributed by atoms with Crippen molar-refractivity contribution in [2.24, 2.45) is 0 Å². The molecule has 0 atom stereocenters. The molecular formula is C20H24N4O2S. The number of aromatic nitrogens is 2. The highest BCUT2D eigenvalue weighted by Crippen LogP contribution is 2.29. The summed E-state index contributed by atoms with van der Waals surface area (Å²) in [4.78, 5) is 35.9. The maximum atomic E-state index is 12.9. The van der Waals surface area contributed by atoms with Gasteiger partial charge in [-0.3, -0.25) is 9.59 Å². The van der Waals surface area contributed by atoms with E-state index in [1.165, 1.54) is 11.3 Å². The van der Waals surface area contributed by atoms with E-state index in [-0.39, 0.29) is 11.5 Å². The molecule has 3 aromatic rings. The molecule has 2 aromatic heterocycles. The number of fused-ring (bicyclic) bond motifs is 1. The highest BCUT2D eigenvalue weighted by Gasteiger charge is 2.20. The molecule has 1 aromatic carbocycles. The largest absolute Gasteiger partial charge is 0.321 e. The van der Waals surface area contributed by atoms with Crippen LogP contribution in [0.1, 0.15) is 39.1 Å². The third-order valence-corrected chi connectivity index (χ3v) is 5.68. The van der Waals surface area contributed by atoms with Gasteiger partial charge in [-0.25, -0.2) is 4.98 Å². The quantitative estimate of drug-likeness (QED) is 0.706. The first-order chi connectivity index (χ1) is 12.8. The summed E-state index contributed by atoms with van der Waals surface area (Å²) in [6.07, 6.45) is 0.831. The van der Waals surface area contributed by atoms with Crippen molar-refractivity contribution in [3.8, 4) is 0 Å². The Morgan fingerprint density at radius 1 is 1.30 bits per heavy atom. The fourth-order valence-electron chi connectivity index (χ4n) is 3.15. The van der Waals surface area contributed by atoms with Crippen LogP contribution in [0, 0.1) is 13.8 Å². The zero-order valence-corrected chi connectivity index (χ0v) is 17.1. The Hall–Kier alpha value is -2.51. The molecule has 0 spiro atoms. The van der Waals surface area contributed by atoms with Crippen molar-refractivity contribution < 1.29 is 4.79 Å². The van der Waals surface area contributed by atoms with E-state index in [2.05, 4.69) is 22.2 Å². The predicted molar refractivity (Wildman–Crippen MR) is 111 cm³/mol. The highest BCUT2D eigenvalue weighted by molar-refractivity contribution is 7.20. The molecule has 0 saturated carbocycles. The van der Waals surface area contributed by atoms with E-state index in [4.69, 9.17) is 0 Å². The van der Waals surface area contributed by atoms with Gasteiger partial charge in [0.25, 0.3) is 11.5 Å². The Morgan fingerprint density at radius 3 is 2.70 bits per heavy atom. The second-order valence-electron chi connectivity index (χ2n) is 6.90. The third kappa shape index (κ3) is 3.79. The summed E-state index contributed by atoms with van der Waals surface area (Å²) in [5.41, 5.74) is 3.42. The molecule has 27 heavy (non-hydrogen) atoms. The standard InChI is InChI=1S/C20H24N4O2S/c1-6-13-9-7-8-11(2)16(13)23-19(26)17-12(3)15-18(25)21-14(10-24(4)5)22-20(15)27-17/h7-9H,6,10H2,1-5H3,(H,23,26)(H,21,22,25). The van der Waals surface area contributed by atoms with Crippen molar-refractivity contribution in [1.29, 1.82) is 0 Å². The summed E-state index contributed by atoms with van der Waals surface area (Å²) < 4.78 is 0. The number of hydrogen-bond acceptors (Lipinski definition) is 5. The minimum atomic E-state index is -0.201. The lowest BCUT2D eigenvalue weighted by molar-refractivity contribution is 0.103. The number of carbonyl (C=O) groups excluding carboxylic acids is 1. The van der Waals surface area contributed by atoms with E-state index in [1.807, 2.05) is 44.1 Å². The van der Waals surface area contributed by atoms with Gasteiger partial charge in [-0.1, -0.05) is 25.1 Å². The van der Waals surface area contributed by atoms with Crippen LogP contribution in [0.3, 0.4) is 0 Å². The van der Waals surface area contributed by atoms with Gasteiger partial charge in [0.15, 0.2) is 0 Å². The molecule has 0 aliphatic rings. The zero-order valence-electron chi connectivity index (χ0n) is 16.3. The monoisotopic (exact) mass is 384 g/mol. The third-order valence-electron chi connectivity index (χ3n) is 4.50. The Labute approximate surface area is 162 Å². The number of hydrogen-bond donors (Lipinski definition) is 2.